The summed E-state index contributed by atoms with van der Waals surface area (Å²) in [5.41, 5.74) is 8.45. The minimum absolute atomic E-state index is 0.0915. The number of benzene rings is 3. The summed E-state index contributed by atoms with van der Waals surface area (Å²) in [7, 11) is 0. The van der Waals surface area contributed by atoms with Gasteiger partial charge in [-0.3, -0.25) is 4.79 Å². The minimum Gasteiger partial charge on any atom is -0.488 e. The number of hydrogen-bond acceptors (Lipinski definition) is 4. The van der Waals surface area contributed by atoms with E-state index in [2.05, 4.69) is 0 Å². The van der Waals surface area contributed by atoms with Gasteiger partial charge in [-0.15, -0.1) is 0 Å². The van der Waals surface area contributed by atoms with Crippen molar-refractivity contribution >= 4 is 5.97 Å². The van der Waals surface area contributed by atoms with Crippen LogP contribution >= 0.6 is 0 Å². The summed E-state index contributed by atoms with van der Waals surface area (Å²) < 4.78 is 42.6. The molecule has 3 N–H and O–H groups in total. The Bertz CT molecular complexity index is 1220. The first-order chi connectivity index (χ1) is 17.3. The zero-order valence-corrected chi connectivity index (χ0v) is 20.3. The molecule has 1 aliphatic heterocycles. The Balaban J connectivity index is 1.68. The highest BCUT2D eigenvalue weighted by molar-refractivity contribution is 5.71. The van der Waals surface area contributed by atoms with Crippen LogP contribution in [0.2, 0.25) is 0 Å². The van der Waals surface area contributed by atoms with E-state index < -0.39 is 23.6 Å². The van der Waals surface area contributed by atoms with Gasteiger partial charge in [0.2, 0.25) is 0 Å². The van der Waals surface area contributed by atoms with Crippen molar-refractivity contribution in [3.63, 3.8) is 0 Å². The number of aliphatic carboxylic acids is 1. The lowest BCUT2D eigenvalue weighted by molar-refractivity contribution is -0.136. The average molecular weight is 496 g/mol. The lowest BCUT2D eigenvalue weighted by Gasteiger charge is -2.17. The Morgan fingerprint density at radius 1 is 1.11 bits per heavy atom. The Morgan fingerprint density at radius 3 is 2.61 bits per heavy atom. The van der Waals surface area contributed by atoms with Crippen LogP contribution < -0.4 is 10.5 Å². The molecule has 1 aliphatic rings. The second kappa shape index (κ2) is 11.6. The number of carboxylic acids is 1. The maximum Gasteiger partial charge on any atom is 0.307 e. The zero-order valence-electron chi connectivity index (χ0n) is 20.3. The van der Waals surface area contributed by atoms with Crippen LogP contribution in [0.4, 0.5) is 8.78 Å². The number of ether oxygens (including phenoxy) is 2. The Kier molecular flexibility index (Phi) is 8.33. The highest BCUT2D eigenvalue weighted by Crippen LogP contribution is 2.32. The van der Waals surface area contributed by atoms with Crippen molar-refractivity contribution < 1.29 is 28.2 Å². The van der Waals surface area contributed by atoms with Crippen LogP contribution in [0.15, 0.2) is 54.6 Å². The standard InChI is InChI=1S/C29H31F2NO4/c1-18(32)24-8-4-9-25(29(24)31)21-14-20(11-12-23-7-5-13-35-23)28(30)22(15-21)17-36-26-10-3-2-6-19(26)16-27(33)34/h2-4,6,8-10,14-15,18,23H,5,7,11-13,16-17,32H2,1H3,(H,33,34)/t18-,23?/m1/s1. The van der Waals surface area contributed by atoms with E-state index in [0.717, 1.165) is 19.4 Å². The number of carbonyl (C=O) groups is 1. The van der Waals surface area contributed by atoms with E-state index in [0.29, 0.717) is 46.4 Å². The second-order valence-corrected chi connectivity index (χ2v) is 9.25. The van der Waals surface area contributed by atoms with Crippen molar-refractivity contribution in [2.24, 2.45) is 5.73 Å². The topological polar surface area (TPSA) is 81.8 Å². The van der Waals surface area contributed by atoms with Crippen molar-refractivity contribution in [3.05, 3.63) is 88.5 Å². The van der Waals surface area contributed by atoms with E-state index in [9.17, 15) is 9.90 Å². The van der Waals surface area contributed by atoms with E-state index in [-0.39, 0.29) is 24.7 Å². The molecule has 3 aromatic carbocycles. The van der Waals surface area contributed by atoms with Crippen molar-refractivity contribution in [2.45, 2.75) is 57.8 Å². The van der Waals surface area contributed by atoms with Crippen LogP contribution in [0, 0.1) is 11.6 Å². The maximum atomic E-state index is 15.6. The van der Waals surface area contributed by atoms with Gasteiger partial charge in [-0.1, -0.05) is 36.4 Å². The van der Waals surface area contributed by atoms with Gasteiger partial charge in [0.1, 0.15) is 24.0 Å². The fourth-order valence-corrected chi connectivity index (χ4v) is 4.61. The molecule has 190 valence electrons. The van der Waals surface area contributed by atoms with Crippen molar-refractivity contribution in [1.82, 2.24) is 0 Å². The van der Waals surface area contributed by atoms with Gasteiger partial charge in [0, 0.05) is 34.9 Å². The third-order valence-electron chi connectivity index (χ3n) is 6.51. The Morgan fingerprint density at radius 2 is 1.89 bits per heavy atom. The summed E-state index contributed by atoms with van der Waals surface area (Å²) >= 11 is 0. The molecule has 0 bridgehead atoms. The highest BCUT2D eigenvalue weighted by Gasteiger charge is 2.20. The van der Waals surface area contributed by atoms with Crippen molar-refractivity contribution in [1.29, 1.82) is 0 Å². The number of rotatable bonds is 10. The molecule has 0 saturated carbocycles. The summed E-state index contributed by atoms with van der Waals surface area (Å²) in [5.74, 6) is -1.45. The molecular weight excluding hydrogens is 464 g/mol. The molecular formula is C29H31F2NO4. The summed E-state index contributed by atoms with van der Waals surface area (Å²) in [6.45, 7) is 2.31. The van der Waals surface area contributed by atoms with Crippen LogP contribution in [-0.4, -0.2) is 23.8 Å². The largest absolute Gasteiger partial charge is 0.488 e. The molecule has 1 saturated heterocycles. The SMILES string of the molecule is C[C@@H](N)c1cccc(-c2cc(CCC3CCCO3)c(F)c(COc3ccccc3CC(=O)O)c2)c1F. The van der Waals surface area contributed by atoms with Crippen molar-refractivity contribution in [3.8, 4) is 16.9 Å². The van der Waals surface area contributed by atoms with E-state index in [1.807, 2.05) is 0 Å². The molecule has 0 radical (unpaired) electrons. The quantitative estimate of drug-likeness (QED) is 0.362. The van der Waals surface area contributed by atoms with Gasteiger partial charge in [0.05, 0.1) is 12.5 Å². The van der Waals surface area contributed by atoms with Crippen LogP contribution in [0.5, 0.6) is 5.75 Å². The van der Waals surface area contributed by atoms with Gasteiger partial charge >= 0.3 is 5.97 Å². The number of para-hydroxylation sites is 1. The van der Waals surface area contributed by atoms with Gasteiger partial charge in [-0.25, -0.2) is 8.78 Å². The summed E-state index contributed by atoms with van der Waals surface area (Å²) in [6.07, 6.45) is 2.95. The molecule has 0 spiro atoms. The summed E-state index contributed by atoms with van der Waals surface area (Å²) in [4.78, 5) is 11.2. The third-order valence-corrected chi connectivity index (χ3v) is 6.51. The molecule has 4 rings (SSSR count). The van der Waals surface area contributed by atoms with Crippen molar-refractivity contribution in [2.75, 3.05) is 6.61 Å². The molecule has 7 heteroatoms. The second-order valence-electron chi connectivity index (χ2n) is 9.25. The number of nitrogens with two attached hydrogens (primary N) is 1. The first-order valence-corrected chi connectivity index (χ1v) is 12.2. The molecule has 1 heterocycles. The first kappa shape index (κ1) is 25.8. The van der Waals surface area contributed by atoms with Gasteiger partial charge in [0.15, 0.2) is 0 Å². The maximum absolute atomic E-state index is 15.6. The molecule has 0 aromatic heterocycles. The van der Waals surface area contributed by atoms with Gasteiger partial charge in [-0.05, 0) is 61.9 Å². The van der Waals surface area contributed by atoms with E-state index >= 15 is 8.78 Å². The van der Waals surface area contributed by atoms with E-state index in [4.69, 9.17) is 15.2 Å². The number of halogens is 2. The predicted molar refractivity (Wildman–Crippen MR) is 134 cm³/mol. The third kappa shape index (κ3) is 6.09. The lowest BCUT2D eigenvalue weighted by atomic mass is 9.94. The minimum atomic E-state index is -0.986. The molecule has 0 amide bonds. The van der Waals surface area contributed by atoms with Gasteiger partial charge < -0.3 is 20.3 Å². The smallest absolute Gasteiger partial charge is 0.307 e. The molecule has 1 fully saturated rings. The predicted octanol–water partition coefficient (Wildman–Crippen LogP) is 5.97. The van der Waals surface area contributed by atoms with Gasteiger partial charge in [0.25, 0.3) is 0 Å². The fraction of sp³-hybridized carbons (Fsp3) is 0.345. The lowest BCUT2D eigenvalue weighted by Crippen LogP contribution is -2.10. The zero-order chi connectivity index (χ0) is 25.7. The molecule has 2 atom stereocenters. The molecule has 0 aliphatic carbocycles. The Hall–Kier alpha value is -3.29. The normalized spacial score (nSPS) is 16.2. The molecule has 1 unspecified atom stereocenters. The first-order valence-electron chi connectivity index (χ1n) is 12.2. The van der Waals surface area contributed by atoms with Crippen LogP contribution in [0.1, 0.15) is 54.5 Å². The number of hydrogen-bond donors (Lipinski definition) is 2. The number of carboxylic acid groups (broad SMARTS) is 1. The van der Waals surface area contributed by atoms with Crippen LogP contribution in [0.25, 0.3) is 11.1 Å². The van der Waals surface area contributed by atoms with E-state index in [1.165, 1.54) is 0 Å². The highest BCUT2D eigenvalue weighted by atomic mass is 19.1. The van der Waals surface area contributed by atoms with Gasteiger partial charge in [-0.2, -0.15) is 0 Å². The summed E-state index contributed by atoms with van der Waals surface area (Å²) in [5, 5.41) is 9.19. The van der Waals surface area contributed by atoms with Crippen LogP contribution in [-0.2, 0) is 29.0 Å². The molecule has 36 heavy (non-hydrogen) atoms. The van der Waals surface area contributed by atoms with Crippen LogP contribution in [0.3, 0.4) is 0 Å². The Labute approximate surface area is 209 Å². The number of aryl methyl sites for hydroxylation is 1. The summed E-state index contributed by atoms with van der Waals surface area (Å²) in [6, 6.07) is 14.6. The average Bonchev–Trinajstić information content (AvgIpc) is 3.37. The fourth-order valence-electron chi connectivity index (χ4n) is 4.61. The monoisotopic (exact) mass is 495 g/mol. The molecule has 3 aromatic rings. The van der Waals surface area contributed by atoms with E-state index in [1.54, 1.807) is 61.5 Å². The molecule has 5 nitrogen and oxygen atoms in total.